The van der Waals surface area contributed by atoms with Gasteiger partial charge in [-0.15, -0.1) is 22.7 Å². The highest BCUT2D eigenvalue weighted by Crippen LogP contribution is 2.37. The first-order valence-corrected chi connectivity index (χ1v) is 11.3. The van der Waals surface area contributed by atoms with E-state index < -0.39 is 15.8 Å². The number of sulfonamides is 1. The molecule has 0 amide bonds. The van der Waals surface area contributed by atoms with E-state index in [0.717, 1.165) is 19.9 Å². The summed E-state index contributed by atoms with van der Waals surface area (Å²) in [5.41, 5.74) is 0.978. The molecular weight excluding hydrogens is 391 g/mol. The highest BCUT2D eigenvalue weighted by atomic mass is 32.2. The fourth-order valence-corrected chi connectivity index (χ4v) is 6.63. The average molecular weight is 411 g/mol. The lowest BCUT2D eigenvalue weighted by Gasteiger charge is -2.24. The molecule has 3 rings (SSSR count). The molecular formula is C18H19FN2O2S3. The van der Waals surface area contributed by atoms with Gasteiger partial charge in [0.2, 0.25) is 0 Å². The fourth-order valence-electron chi connectivity index (χ4n) is 2.64. The second kappa shape index (κ2) is 7.46. The van der Waals surface area contributed by atoms with E-state index in [9.17, 15) is 12.8 Å². The summed E-state index contributed by atoms with van der Waals surface area (Å²) in [6.07, 6.45) is 0.579. The smallest absolute Gasteiger partial charge is 0.263 e. The van der Waals surface area contributed by atoms with Crippen LogP contribution in [0.4, 0.5) is 10.1 Å². The Kier molecular flexibility index (Phi) is 5.45. The van der Waals surface area contributed by atoms with Gasteiger partial charge in [0.1, 0.15) is 15.7 Å². The highest BCUT2D eigenvalue weighted by molar-refractivity contribution is 7.93. The number of rotatable bonds is 6. The van der Waals surface area contributed by atoms with Crippen molar-refractivity contribution >= 4 is 38.4 Å². The summed E-state index contributed by atoms with van der Waals surface area (Å²) in [6.45, 7) is 5.75. The minimum absolute atomic E-state index is 0.0755. The lowest BCUT2D eigenvalue weighted by atomic mass is 10.3. The minimum Gasteiger partial charge on any atom is -0.263 e. The summed E-state index contributed by atoms with van der Waals surface area (Å²) in [6, 6.07) is 7.61. The normalized spacial score (nSPS) is 11.7. The number of nitrogens with zero attached hydrogens (tertiary/aromatic N) is 2. The number of benzene rings is 1. The van der Waals surface area contributed by atoms with Crippen LogP contribution in [0.15, 0.2) is 40.6 Å². The Morgan fingerprint density at radius 2 is 1.96 bits per heavy atom. The Morgan fingerprint density at radius 3 is 2.58 bits per heavy atom. The van der Waals surface area contributed by atoms with Crippen LogP contribution in [0.5, 0.6) is 0 Å². The van der Waals surface area contributed by atoms with E-state index in [1.54, 1.807) is 25.1 Å². The van der Waals surface area contributed by atoms with Gasteiger partial charge >= 0.3 is 0 Å². The zero-order valence-corrected chi connectivity index (χ0v) is 17.1. The predicted octanol–water partition coefficient (Wildman–Crippen LogP) is 5.23. The lowest BCUT2D eigenvalue weighted by Crippen LogP contribution is -2.32. The van der Waals surface area contributed by atoms with Gasteiger partial charge in [-0.3, -0.25) is 4.31 Å². The monoisotopic (exact) mass is 410 g/mol. The number of aromatic nitrogens is 1. The molecule has 8 heteroatoms. The molecule has 138 valence electrons. The molecule has 0 spiro atoms. The molecule has 0 bridgehead atoms. The van der Waals surface area contributed by atoms with Crippen LogP contribution in [0.3, 0.4) is 0 Å². The number of para-hydroxylation sites is 1. The van der Waals surface area contributed by atoms with Crippen LogP contribution < -0.4 is 4.31 Å². The van der Waals surface area contributed by atoms with Crippen LogP contribution in [-0.4, -0.2) is 19.9 Å². The van der Waals surface area contributed by atoms with Crippen molar-refractivity contribution in [2.24, 2.45) is 0 Å². The van der Waals surface area contributed by atoms with Crippen molar-refractivity contribution < 1.29 is 12.8 Å². The molecule has 2 aromatic heterocycles. The van der Waals surface area contributed by atoms with Gasteiger partial charge in [-0.05, 0) is 38.5 Å². The first-order chi connectivity index (χ1) is 12.3. The van der Waals surface area contributed by atoms with E-state index in [4.69, 9.17) is 0 Å². The van der Waals surface area contributed by atoms with E-state index in [1.165, 1.54) is 34.8 Å². The maximum atomic E-state index is 14.3. The van der Waals surface area contributed by atoms with Crippen molar-refractivity contribution in [3.05, 3.63) is 52.1 Å². The standard InChI is InChI=1S/C18H19FN2O2S3/c1-4-9-21(15-8-6-5-7-14(15)19)26(22,23)17-10-16(25-13(17)3)18-20-12(2)11-24-18/h5-8,10-11H,4,9H2,1-3H3. The Bertz CT molecular complexity index is 1020. The van der Waals surface area contributed by atoms with E-state index in [1.807, 2.05) is 19.2 Å². The second-order valence-electron chi connectivity index (χ2n) is 5.85. The first kappa shape index (κ1) is 19.0. The predicted molar refractivity (Wildman–Crippen MR) is 106 cm³/mol. The fraction of sp³-hybridized carbons (Fsp3) is 0.278. The molecule has 1 aromatic carbocycles. The molecule has 0 saturated carbocycles. The van der Waals surface area contributed by atoms with Gasteiger partial charge in [0, 0.05) is 22.5 Å². The van der Waals surface area contributed by atoms with Crippen molar-refractivity contribution in [1.29, 1.82) is 0 Å². The molecule has 0 radical (unpaired) electrons. The van der Waals surface area contributed by atoms with Gasteiger partial charge in [-0.1, -0.05) is 19.1 Å². The Balaban J connectivity index is 2.08. The third-order valence-corrected chi connectivity index (χ3v) is 8.07. The largest absolute Gasteiger partial charge is 0.265 e. The van der Waals surface area contributed by atoms with E-state index in [-0.39, 0.29) is 17.1 Å². The molecule has 0 aliphatic heterocycles. The lowest BCUT2D eigenvalue weighted by molar-refractivity contribution is 0.584. The highest BCUT2D eigenvalue weighted by Gasteiger charge is 2.29. The van der Waals surface area contributed by atoms with Gasteiger partial charge in [0.15, 0.2) is 0 Å². The van der Waals surface area contributed by atoms with Gasteiger partial charge in [-0.25, -0.2) is 17.8 Å². The molecule has 0 aliphatic carbocycles. The molecule has 0 N–H and O–H groups in total. The molecule has 4 nitrogen and oxygen atoms in total. The third kappa shape index (κ3) is 3.54. The van der Waals surface area contributed by atoms with Crippen molar-refractivity contribution in [2.75, 3.05) is 10.8 Å². The number of thiazole rings is 1. The molecule has 0 aliphatic rings. The number of aryl methyl sites for hydroxylation is 2. The maximum Gasteiger partial charge on any atom is 0.265 e. The number of halogens is 1. The third-order valence-electron chi connectivity index (χ3n) is 3.82. The summed E-state index contributed by atoms with van der Waals surface area (Å²) in [5, 5.41) is 2.73. The molecule has 0 atom stereocenters. The topological polar surface area (TPSA) is 50.3 Å². The quantitative estimate of drug-likeness (QED) is 0.559. The molecule has 0 fully saturated rings. The summed E-state index contributed by atoms with van der Waals surface area (Å²) < 4.78 is 42.0. The maximum absolute atomic E-state index is 14.3. The van der Waals surface area contributed by atoms with Crippen LogP contribution in [0, 0.1) is 19.7 Å². The molecule has 2 heterocycles. The molecule has 0 unspecified atom stereocenters. The van der Waals surface area contributed by atoms with Crippen molar-refractivity contribution in [1.82, 2.24) is 4.98 Å². The molecule has 26 heavy (non-hydrogen) atoms. The summed E-state index contributed by atoms with van der Waals surface area (Å²) >= 11 is 2.87. The zero-order chi connectivity index (χ0) is 18.9. The number of hydrogen-bond donors (Lipinski definition) is 0. The average Bonchev–Trinajstić information content (AvgIpc) is 3.19. The van der Waals surface area contributed by atoms with E-state index in [2.05, 4.69) is 4.98 Å². The van der Waals surface area contributed by atoms with Crippen LogP contribution in [-0.2, 0) is 10.0 Å². The van der Waals surface area contributed by atoms with Gasteiger partial charge < -0.3 is 0 Å². The first-order valence-electron chi connectivity index (χ1n) is 8.14. The van der Waals surface area contributed by atoms with E-state index >= 15 is 0 Å². The van der Waals surface area contributed by atoms with Crippen LogP contribution in [0.2, 0.25) is 0 Å². The van der Waals surface area contributed by atoms with Crippen LogP contribution >= 0.6 is 22.7 Å². The van der Waals surface area contributed by atoms with E-state index in [0.29, 0.717) is 11.3 Å². The Hall–Kier alpha value is -1.77. The van der Waals surface area contributed by atoms with Crippen molar-refractivity contribution in [3.8, 4) is 9.88 Å². The zero-order valence-electron chi connectivity index (χ0n) is 14.7. The molecule has 3 aromatic rings. The number of hydrogen-bond acceptors (Lipinski definition) is 5. The van der Waals surface area contributed by atoms with Crippen LogP contribution in [0.25, 0.3) is 9.88 Å². The second-order valence-corrected chi connectivity index (χ2v) is 9.80. The SMILES string of the molecule is CCCN(c1ccccc1F)S(=O)(=O)c1cc(-c2nc(C)cs2)sc1C. The molecule has 0 saturated heterocycles. The Morgan fingerprint density at radius 1 is 1.23 bits per heavy atom. The van der Waals surface area contributed by atoms with Gasteiger partial charge in [0.25, 0.3) is 10.0 Å². The summed E-state index contributed by atoms with van der Waals surface area (Å²) in [4.78, 5) is 6.12. The summed E-state index contributed by atoms with van der Waals surface area (Å²) in [7, 11) is -3.87. The van der Waals surface area contributed by atoms with Crippen LogP contribution in [0.1, 0.15) is 23.9 Å². The van der Waals surface area contributed by atoms with Gasteiger partial charge in [0.05, 0.1) is 10.6 Å². The number of thiophene rings is 1. The van der Waals surface area contributed by atoms with Gasteiger partial charge in [-0.2, -0.15) is 0 Å². The van der Waals surface area contributed by atoms with Crippen molar-refractivity contribution in [2.45, 2.75) is 32.1 Å². The number of anilines is 1. The summed E-state index contributed by atoms with van der Waals surface area (Å²) in [5.74, 6) is -0.548. The minimum atomic E-state index is -3.87. The van der Waals surface area contributed by atoms with Crippen molar-refractivity contribution in [3.63, 3.8) is 0 Å². The Labute approximate surface area is 161 Å².